The van der Waals surface area contributed by atoms with Gasteiger partial charge in [0, 0.05) is 30.4 Å². The Labute approximate surface area is 118 Å². The topological polar surface area (TPSA) is 29.9 Å². The minimum atomic E-state index is 0.524. The van der Waals surface area contributed by atoms with Crippen LogP contribution in [-0.4, -0.2) is 15.8 Å². The fourth-order valence-electron chi connectivity index (χ4n) is 2.32. The molecule has 0 aromatic carbocycles. The summed E-state index contributed by atoms with van der Waals surface area (Å²) in [6.45, 7) is 13.1. The molecule has 1 atom stereocenters. The number of rotatable bonds is 9. The van der Waals surface area contributed by atoms with Gasteiger partial charge in [0.1, 0.15) is 0 Å². The molecule has 0 spiro atoms. The number of hydrogen-bond acceptors (Lipinski definition) is 2. The van der Waals surface area contributed by atoms with E-state index in [1.807, 2.05) is 6.20 Å². The standard InChI is InChI=1S/C16H31N3/c1-6-8-9-15(7-2)12-19-14(5)16(11-18-19)10-17-13(3)4/h11,13,15,17H,6-10,12H2,1-5H3. The molecule has 3 nitrogen and oxygen atoms in total. The molecule has 19 heavy (non-hydrogen) atoms. The van der Waals surface area contributed by atoms with E-state index in [0.717, 1.165) is 19.0 Å². The Hall–Kier alpha value is -0.830. The van der Waals surface area contributed by atoms with E-state index >= 15 is 0 Å². The lowest BCUT2D eigenvalue weighted by atomic mass is 9.99. The minimum absolute atomic E-state index is 0.524. The van der Waals surface area contributed by atoms with Gasteiger partial charge in [-0.05, 0) is 19.3 Å². The largest absolute Gasteiger partial charge is 0.310 e. The van der Waals surface area contributed by atoms with E-state index in [1.165, 1.54) is 36.9 Å². The zero-order valence-corrected chi connectivity index (χ0v) is 13.4. The van der Waals surface area contributed by atoms with Gasteiger partial charge in [0.2, 0.25) is 0 Å². The van der Waals surface area contributed by atoms with Crippen LogP contribution in [0.1, 0.15) is 64.6 Å². The van der Waals surface area contributed by atoms with Crippen molar-refractivity contribution < 1.29 is 0 Å². The fourth-order valence-corrected chi connectivity index (χ4v) is 2.32. The predicted molar refractivity (Wildman–Crippen MR) is 82.2 cm³/mol. The maximum absolute atomic E-state index is 4.57. The summed E-state index contributed by atoms with van der Waals surface area (Å²) in [6, 6.07) is 0.524. The molecule has 0 saturated carbocycles. The van der Waals surface area contributed by atoms with Crippen molar-refractivity contribution in [2.24, 2.45) is 5.92 Å². The van der Waals surface area contributed by atoms with Gasteiger partial charge in [-0.25, -0.2) is 0 Å². The van der Waals surface area contributed by atoms with Gasteiger partial charge in [-0.1, -0.05) is 47.0 Å². The summed E-state index contributed by atoms with van der Waals surface area (Å²) in [5.41, 5.74) is 2.65. The monoisotopic (exact) mass is 265 g/mol. The van der Waals surface area contributed by atoms with E-state index in [1.54, 1.807) is 0 Å². The van der Waals surface area contributed by atoms with Crippen LogP contribution in [0.2, 0.25) is 0 Å². The third-order valence-electron chi connectivity index (χ3n) is 3.88. The summed E-state index contributed by atoms with van der Waals surface area (Å²) in [5, 5.41) is 8.03. The molecule has 1 unspecified atom stereocenters. The molecule has 0 saturated heterocycles. The average Bonchev–Trinajstić information content (AvgIpc) is 2.73. The van der Waals surface area contributed by atoms with Crippen LogP contribution in [0.4, 0.5) is 0 Å². The van der Waals surface area contributed by atoms with Gasteiger partial charge in [-0.15, -0.1) is 0 Å². The smallest absolute Gasteiger partial charge is 0.0537 e. The van der Waals surface area contributed by atoms with E-state index in [4.69, 9.17) is 0 Å². The number of unbranched alkanes of at least 4 members (excludes halogenated alkanes) is 1. The van der Waals surface area contributed by atoms with Crippen LogP contribution < -0.4 is 5.32 Å². The summed E-state index contributed by atoms with van der Waals surface area (Å²) in [4.78, 5) is 0. The molecule has 1 N–H and O–H groups in total. The number of hydrogen-bond donors (Lipinski definition) is 1. The first-order valence-electron chi connectivity index (χ1n) is 7.83. The van der Waals surface area contributed by atoms with Crippen molar-refractivity contribution in [1.29, 1.82) is 0 Å². The highest BCUT2D eigenvalue weighted by Crippen LogP contribution is 2.17. The molecule has 1 aromatic rings. The van der Waals surface area contributed by atoms with Crippen molar-refractivity contribution in [2.45, 2.75) is 79.4 Å². The molecule has 110 valence electrons. The van der Waals surface area contributed by atoms with E-state index < -0.39 is 0 Å². The molecule has 0 aliphatic heterocycles. The first-order chi connectivity index (χ1) is 9.08. The van der Waals surface area contributed by atoms with Crippen LogP contribution in [0.25, 0.3) is 0 Å². The molecule has 0 aliphatic carbocycles. The lowest BCUT2D eigenvalue weighted by Crippen LogP contribution is -2.22. The molecular formula is C16H31N3. The normalized spacial score (nSPS) is 13.2. The Bertz CT molecular complexity index is 355. The van der Waals surface area contributed by atoms with Gasteiger partial charge >= 0.3 is 0 Å². The summed E-state index contributed by atoms with van der Waals surface area (Å²) < 4.78 is 2.20. The Morgan fingerprint density at radius 3 is 2.63 bits per heavy atom. The van der Waals surface area contributed by atoms with Crippen LogP contribution in [0, 0.1) is 12.8 Å². The van der Waals surface area contributed by atoms with Gasteiger partial charge < -0.3 is 5.32 Å². The molecule has 1 heterocycles. The molecule has 0 bridgehead atoms. The zero-order chi connectivity index (χ0) is 14.3. The van der Waals surface area contributed by atoms with E-state index in [9.17, 15) is 0 Å². The molecule has 1 rings (SSSR count). The highest BCUT2D eigenvalue weighted by molar-refractivity contribution is 5.15. The summed E-state index contributed by atoms with van der Waals surface area (Å²) in [5.74, 6) is 0.768. The van der Waals surface area contributed by atoms with Gasteiger partial charge in [0.25, 0.3) is 0 Å². The SMILES string of the molecule is CCCCC(CC)Cn1ncc(CNC(C)C)c1C. The Morgan fingerprint density at radius 2 is 2.05 bits per heavy atom. The third kappa shape index (κ3) is 5.35. The first kappa shape index (κ1) is 16.2. The molecule has 0 amide bonds. The van der Waals surface area contributed by atoms with Gasteiger partial charge in [0.15, 0.2) is 0 Å². The summed E-state index contributed by atoms with van der Waals surface area (Å²) >= 11 is 0. The Balaban J connectivity index is 2.58. The molecule has 0 radical (unpaired) electrons. The summed E-state index contributed by atoms with van der Waals surface area (Å²) in [6.07, 6.45) is 7.22. The quantitative estimate of drug-likeness (QED) is 0.733. The molecule has 0 aliphatic rings. The highest BCUT2D eigenvalue weighted by Gasteiger charge is 2.11. The minimum Gasteiger partial charge on any atom is -0.310 e. The second-order valence-electron chi connectivity index (χ2n) is 5.89. The molecular weight excluding hydrogens is 234 g/mol. The average molecular weight is 265 g/mol. The second kappa shape index (κ2) is 8.36. The van der Waals surface area contributed by atoms with Crippen LogP contribution in [-0.2, 0) is 13.1 Å². The van der Waals surface area contributed by atoms with Crippen molar-refractivity contribution in [1.82, 2.24) is 15.1 Å². The van der Waals surface area contributed by atoms with Crippen LogP contribution in [0.3, 0.4) is 0 Å². The van der Waals surface area contributed by atoms with E-state index in [-0.39, 0.29) is 0 Å². The maximum atomic E-state index is 4.57. The third-order valence-corrected chi connectivity index (χ3v) is 3.88. The molecule has 1 aromatic heterocycles. The van der Waals surface area contributed by atoms with Crippen molar-refractivity contribution in [3.05, 3.63) is 17.5 Å². The van der Waals surface area contributed by atoms with Crippen molar-refractivity contribution in [3.63, 3.8) is 0 Å². The van der Waals surface area contributed by atoms with Crippen LogP contribution >= 0.6 is 0 Å². The Kier molecular flexibility index (Phi) is 7.14. The Morgan fingerprint density at radius 1 is 1.32 bits per heavy atom. The molecule has 3 heteroatoms. The van der Waals surface area contributed by atoms with Gasteiger partial charge in [0.05, 0.1) is 6.20 Å². The van der Waals surface area contributed by atoms with E-state index in [0.29, 0.717) is 6.04 Å². The number of nitrogens with zero attached hydrogens (tertiary/aromatic N) is 2. The number of nitrogens with one attached hydrogen (secondary N) is 1. The fraction of sp³-hybridized carbons (Fsp3) is 0.812. The lowest BCUT2D eigenvalue weighted by molar-refractivity contribution is 0.368. The summed E-state index contributed by atoms with van der Waals surface area (Å²) in [7, 11) is 0. The number of aromatic nitrogens is 2. The van der Waals surface area contributed by atoms with Crippen molar-refractivity contribution in [3.8, 4) is 0 Å². The van der Waals surface area contributed by atoms with Gasteiger partial charge in [-0.2, -0.15) is 5.10 Å². The highest BCUT2D eigenvalue weighted by atomic mass is 15.3. The maximum Gasteiger partial charge on any atom is 0.0537 e. The van der Waals surface area contributed by atoms with Crippen LogP contribution in [0.15, 0.2) is 6.20 Å². The van der Waals surface area contributed by atoms with Crippen molar-refractivity contribution >= 4 is 0 Å². The zero-order valence-electron chi connectivity index (χ0n) is 13.4. The van der Waals surface area contributed by atoms with E-state index in [2.05, 4.69) is 49.7 Å². The predicted octanol–water partition coefficient (Wildman–Crippen LogP) is 3.91. The lowest BCUT2D eigenvalue weighted by Gasteiger charge is -2.16. The van der Waals surface area contributed by atoms with Crippen LogP contribution in [0.5, 0.6) is 0 Å². The van der Waals surface area contributed by atoms with Gasteiger partial charge in [-0.3, -0.25) is 4.68 Å². The second-order valence-corrected chi connectivity index (χ2v) is 5.89. The van der Waals surface area contributed by atoms with Crippen molar-refractivity contribution in [2.75, 3.05) is 0 Å². The molecule has 0 fully saturated rings. The first-order valence-corrected chi connectivity index (χ1v) is 7.83.